The van der Waals surface area contributed by atoms with E-state index in [1.807, 2.05) is 18.2 Å². The van der Waals surface area contributed by atoms with E-state index in [1.54, 1.807) is 11.8 Å². The van der Waals surface area contributed by atoms with Crippen LogP contribution in [0.25, 0.3) is 0 Å². The third-order valence-electron chi connectivity index (χ3n) is 4.59. The van der Waals surface area contributed by atoms with Crippen molar-refractivity contribution in [3.63, 3.8) is 0 Å². The van der Waals surface area contributed by atoms with Crippen molar-refractivity contribution < 1.29 is 9.63 Å². The van der Waals surface area contributed by atoms with Crippen LogP contribution in [-0.2, 0) is 9.63 Å². The van der Waals surface area contributed by atoms with Gasteiger partial charge in [0.1, 0.15) is 0 Å². The molecule has 1 saturated carbocycles. The van der Waals surface area contributed by atoms with Gasteiger partial charge in [-0.2, -0.15) is 0 Å². The number of carbonyl (C=O) groups excluding carboxylic acids is 1. The maximum atomic E-state index is 11.9. The van der Waals surface area contributed by atoms with Crippen LogP contribution in [0.4, 0.5) is 0 Å². The lowest BCUT2D eigenvalue weighted by molar-refractivity contribution is -0.143. The number of benzene rings is 2. The third kappa shape index (κ3) is 6.87. The highest BCUT2D eigenvalue weighted by Gasteiger charge is 2.24. The van der Waals surface area contributed by atoms with E-state index in [-0.39, 0.29) is 5.97 Å². The van der Waals surface area contributed by atoms with Crippen molar-refractivity contribution in [2.75, 3.05) is 0 Å². The second-order valence-corrected chi connectivity index (χ2v) is 8.19. The predicted octanol–water partition coefficient (Wildman–Crippen LogP) is 6.47. The number of oxime groups is 1. The number of hydrogen-bond donors (Lipinski definition) is 0. The lowest BCUT2D eigenvalue weighted by atomic mass is 10.1. The largest absolute Gasteiger partial charge is 0.335 e. The Morgan fingerprint density at radius 1 is 1.04 bits per heavy atom. The average Bonchev–Trinajstić information content (AvgIpc) is 3.51. The van der Waals surface area contributed by atoms with Crippen LogP contribution in [0, 0.1) is 5.92 Å². The van der Waals surface area contributed by atoms with Crippen LogP contribution in [0.15, 0.2) is 69.5 Å². The summed E-state index contributed by atoms with van der Waals surface area (Å²) in [5.74, 6) is 0.453. The smallest absolute Gasteiger partial charge is 0.318 e. The van der Waals surface area contributed by atoms with Crippen molar-refractivity contribution in [1.82, 2.24) is 0 Å². The van der Waals surface area contributed by atoms with Crippen LogP contribution in [0.5, 0.6) is 0 Å². The van der Waals surface area contributed by atoms with E-state index in [4.69, 9.17) is 4.84 Å². The highest BCUT2D eigenvalue weighted by Crippen LogP contribution is 2.34. The van der Waals surface area contributed by atoms with Crippen LogP contribution < -0.4 is 0 Å². The summed E-state index contributed by atoms with van der Waals surface area (Å²) >= 11 is 1.74. The Bertz CT molecular complexity index is 752. The highest BCUT2D eigenvalue weighted by atomic mass is 32.2. The average molecular weight is 382 g/mol. The second-order valence-electron chi connectivity index (χ2n) is 7.05. The van der Waals surface area contributed by atoms with Crippen LogP contribution in [0.1, 0.15) is 57.4 Å². The Kier molecular flexibility index (Phi) is 7.52. The first-order valence-electron chi connectivity index (χ1n) is 9.84. The van der Waals surface area contributed by atoms with Gasteiger partial charge in [0.05, 0.1) is 5.71 Å². The molecule has 27 heavy (non-hydrogen) atoms. The van der Waals surface area contributed by atoms with Gasteiger partial charge in [-0.05, 0) is 61.4 Å². The van der Waals surface area contributed by atoms with Gasteiger partial charge in [-0.25, -0.2) is 4.79 Å². The highest BCUT2D eigenvalue weighted by molar-refractivity contribution is 7.99. The molecule has 0 unspecified atom stereocenters. The molecule has 0 atom stereocenters. The third-order valence-corrected chi connectivity index (χ3v) is 5.60. The zero-order valence-corrected chi connectivity index (χ0v) is 16.7. The molecule has 0 saturated heterocycles. The molecule has 0 aliphatic heterocycles. The fourth-order valence-electron chi connectivity index (χ4n) is 2.81. The first-order chi connectivity index (χ1) is 13.2. The van der Waals surface area contributed by atoms with Gasteiger partial charge in [0.15, 0.2) is 0 Å². The van der Waals surface area contributed by atoms with E-state index in [9.17, 15) is 4.79 Å². The van der Waals surface area contributed by atoms with Crippen molar-refractivity contribution >= 4 is 23.4 Å². The molecule has 3 nitrogen and oxygen atoms in total. The molecule has 0 amide bonds. The Balaban J connectivity index is 1.63. The normalized spacial score (nSPS) is 14.2. The summed E-state index contributed by atoms with van der Waals surface area (Å²) in [5, 5.41) is 4.23. The predicted molar refractivity (Wildman–Crippen MR) is 111 cm³/mol. The molecular formula is C23H27NO2S. The van der Waals surface area contributed by atoms with Gasteiger partial charge in [-0.3, -0.25) is 0 Å². The molecule has 4 heteroatoms. The lowest BCUT2D eigenvalue weighted by Gasteiger charge is -2.07. The molecule has 2 aromatic rings. The Morgan fingerprint density at radius 2 is 1.74 bits per heavy atom. The van der Waals surface area contributed by atoms with Gasteiger partial charge < -0.3 is 4.84 Å². The van der Waals surface area contributed by atoms with E-state index >= 15 is 0 Å². The fraction of sp³-hybridized carbons (Fsp3) is 0.391. The summed E-state index contributed by atoms with van der Waals surface area (Å²) < 4.78 is 0. The Morgan fingerprint density at radius 3 is 2.41 bits per heavy atom. The summed E-state index contributed by atoms with van der Waals surface area (Å²) in [6.07, 6.45) is 6.82. The first kappa shape index (κ1) is 19.7. The molecule has 0 heterocycles. The molecule has 142 valence electrons. The topological polar surface area (TPSA) is 38.7 Å². The molecule has 0 bridgehead atoms. The lowest BCUT2D eigenvalue weighted by Crippen LogP contribution is -2.07. The van der Waals surface area contributed by atoms with Crippen LogP contribution >= 0.6 is 11.8 Å². The molecular weight excluding hydrogens is 354 g/mol. The van der Waals surface area contributed by atoms with Gasteiger partial charge >= 0.3 is 5.97 Å². The summed E-state index contributed by atoms with van der Waals surface area (Å²) in [4.78, 5) is 19.5. The first-order valence-corrected chi connectivity index (χ1v) is 10.7. The molecule has 2 aromatic carbocycles. The fourth-order valence-corrected chi connectivity index (χ4v) is 3.65. The molecule has 0 radical (unpaired) electrons. The van der Waals surface area contributed by atoms with Crippen molar-refractivity contribution in [3.05, 3.63) is 60.2 Å². The van der Waals surface area contributed by atoms with E-state index in [0.717, 1.165) is 37.0 Å². The number of carbonyl (C=O) groups is 1. The van der Waals surface area contributed by atoms with Gasteiger partial charge in [0.25, 0.3) is 0 Å². The van der Waals surface area contributed by atoms with Gasteiger partial charge in [-0.1, -0.05) is 67.0 Å². The van der Waals surface area contributed by atoms with E-state index < -0.39 is 0 Å². The maximum absolute atomic E-state index is 11.9. The minimum atomic E-state index is -0.229. The maximum Gasteiger partial charge on any atom is 0.335 e. The van der Waals surface area contributed by atoms with Crippen molar-refractivity contribution in [3.8, 4) is 0 Å². The Labute approximate surface area is 166 Å². The molecule has 1 fully saturated rings. The molecule has 1 aliphatic carbocycles. The molecule has 0 N–H and O–H groups in total. The summed E-state index contributed by atoms with van der Waals surface area (Å²) in [7, 11) is 0. The van der Waals surface area contributed by atoms with E-state index in [1.165, 1.54) is 22.6 Å². The van der Waals surface area contributed by atoms with E-state index in [2.05, 4.69) is 48.5 Å². The molecule has 0 spiro atoms. The second kappa shape index (κ2) is 10.3. The number of unbranched alkanes of at least 4 members (excludes halogenated alkanes) is 2. The SMILES string of the molecule is CCCCCC(=O)ON=C(CC1CC1)c1ccc(Sc2ccccc2)cc1. The monoisotopic (exact) mass is 381 g/mol. The van der Waals surface area contributed by atoms with E-state index in [0.29, 0.717) is 12.3 Å². The van der Waals surface area contributed by atoms with Crippen molar-refractivity contribution in [1.29, 1.82) is 0 Å². The van der Waals surface area contributed by atoms with Crippen LogP contribution in [-0.4, -0.2) is 11.7 Å². The number of hydrogen-bond acceptors (Lipinski definition) is 4. The summed E-state index contributed by atoms with van der Waals surface area (Å²) in [6, 6.07) is 18.7. The van der Waals surface area contributed by atoms with Gasteiger partial charge in [-0.15, -0.1) is 0 Å². The molecule has 3 rings (SSSR count). The summed E-state index contributed by atoms with van der Waals surface area (Å²) in [5.41, 5.74) is 1.93. The zero-order valence-electron chi connectivity index (χ0n) is 15.9. The minimum absolute atomic E-state index is 0.229. The number of nitrogens with zero attached hydrogens (tertiary/aromatic N) is 1. The van der Waals surface area contributed by atoms with Crippen molar-refractivity contribution in [2.24, 2.45) is 11.1 Å². The zero-order chi connectivity index (χ0) is 18.9. The minimum Gasteiger partial charge on any atom is -0.318 e. The van der Waals surface area contributed by atoms with Crippen LogP contribution in [0.2, 0.25) is 0 Å². The van der Waals surface area contributed by atoms with Gasteiger partial charge in [0.2, 0.25) is 0 Å². The van der Waals surface area contributed by atoms with Gasteiger partial charge in [0, 0.05) is 16.2 Å². The summed E-state index contributed by atoms with van der Waals surface area (Å²) in [6.45, 7) is 2.12. The molecule has 1 aliphatic rings. The number of rotatable bonds is 10. The standard InChI is InChI=1S/C23H27NO2S/c1-2-3-5-10-23(25)26-24-22(17-18-11-12-18)19-13-15-21(16-14-19)27-20-8-6-4-7-9-20/h4,6-9,13-16,18H,2-3,5,10-12,17H2,1H3. The molecule has 0 aromatic heterocycles. The van der Waals surface area contributed by atoms with Crippen molar-refractivity contribution in [2.45, 2.75) is 61.7 Å². The van der Waals surface area contributed by atoms with Crippen LogP contribution in [0.3, 0.4) is 0 Å². The Hall–Kier alpha value is -2.07. The quantitative estimate of drug-likeness (QED) is 0.205.